The second kappa shape index (κ2) is 44.3. The summed E-state index contributed by atoms with van der Waals surface area (Å²) >= 11 is 0. The molecule has 758 valence electrons. The van der Waals surface area contributed by atoms with Gasteiger partial charge in [-0.3, -0.25) is 9.80 Å². The Labute approximate surface area is 865 Å². The molecule has 25 rings (SSSR count). The molecule has 6 saturated carbocycles. The van der Waals surface area contributed by atoms with Crippen molar-refractivity contribution >= 4 is 6.09 Å². The summed E-state index contributed by atoms with van der Waals surface area (Å²) in [4.78, 5) is 84.4. The van der Waals surface area contributed by atoms with Crippen LogP contribution in [0.5, 0.6) is 0 Å². The maximum absolute atomic E-state index is 12.7. The summed E-state index contributed by atoms with van der Waals surface area (Å²) in [5.41, 5.74) is 32.6. The van der Waals surface area contributed by atoms with Gasteiger partial charge < -0.3 is 54.1 Å². The lowest BCUT2D eigenvalue weighted by Crippen LogP contribution is -2.36. The van der Waals surface area contributed by atoms with Gasteiger partial charge in [-0.15, -0.1) is 0 Å². The molecule has 3 saturated heterocycles. The SMILES string of the molecule is Cc1[nH]c(C2CCCC2)nc1-c1ccc(-c2ccc(-c3cnc(C4CCCC4)[nH]3)cc2)cc1.Cc1[nH]c(C2CCCC2)nc1-c1ccc(-c2ccc(-c3nc(C4CCCC4)[nH]c3C)cc2)cc1.Cc1[nH]c([C@@H]2CCCN2C)nc1-c1ccc(-c2ccc(-c3cnc([C@@H]4CCCN4C(=O)OC(C)(C)C)[nH]3)cc2)cc1.c1cc(-c2cnc(C3CCCC3)[nH]2)ccc1-c1ccc(-c2nc(C3CCCC3)[nH]c2CC2OCCCO2)cc1. The highest BCUT2D eigenvalue weighted by Gasteiger charge is 2.37. The van der Waals surface area contributed by atoms with Crippen LogP contribution in [0.2, 0.25) is 0 Å². The van der Waals surface area contributed by atoms with Gasteiger partial charge in [-0.2, -0.15) is 0 Å². The summed E-state index contributed by atoms with van der Waals surface area (Å²) in [6.45, 7) is 17.5. The minimum atomic E-state index is -0.520. The summed E-state index contributed by atoms with van der Waals surface area (Å²) in [6, 6.07) is 70.4. The van der Waals surface area contributed by atoms with Crippen LogP contribution in [-0.4, -0.2) is 141 Å². The molecule has 2 atom stereocenters. The molecule has 11 heterocycles. The van der Waals surface area contributed by atoms with Gasteiger partial charge in [0.15, 0.2) is 6.29 Å². The number of aromatic amines is 8. The number of hydrogen-bond acceptors (Lipinski definition) is 13. The smallest absolute Gasteiger partial charge is 0.410 e. The van der Waals surface area contributed by atoms with Gasteiger partial charge in [-0.05, 0) is 232 Å². The van der Waals surface area contributed by atoms with Crippen molar-refractivity contribution in [3.05, 3.63) is 288 Å². The number of amides is 1. The van der Waals surface area contributed by atoms with Crippen molar-refractivity contribution in [3.63, 3.8) is 0 Å². The van der Waals surface area contributed by atoms with E-state index in [1.807, 2.05) is 39.4 Å². The highest BCUT2D eigenvalue weighted by molar-refractivity contribution is 5.78. The van der Waals surface area contributed by atoms with E-state index in [1.54, 1.807) is 4.90 Å². The zero-order valence-corrected chi connectivity index (χ0v) is 87.1. The van der Waals surface area contributed by atoms with E-state index in [-0.39, 0.29) is 18.4 Å². The zero-order valence-electron chi connectivity index (χ0n) is 87.1. The maximum Gasteiger partial charge on any atom is 0.410 e. The third kappa shape index (κ3) is 22.6. The van der Waals surface area contributed by atoms with Gasteiger partial charge in [0.25, 0.3) is 0 Å². The lowest BCUT2D eigenvalue weighted by atomic mass is 10.00. The van der Waals surface area contributed by atoms with Crippen LogP contribution in [0.15, 0.2) is 213 Å². The topological polar surface area (TPSA) is 281 Å². The zero-order chi connectivity index (χ0) is 100. The van der Waals surface area contributed by atoms with Crippen molar-refractivity contribution in [2.45, 2.75) is 301 Å². The van der Waals surface area contributed by atoms with Crippen molar-refractivity contribution in [1.29, 1.82) is 0 Å². The number of carbonyl (C=O) groups is 1. The predicted molar refractivity (Wildman–Crippen MR) is 588 cm³/mol. The number of hydrogen-bond donors (Lipinski definition) is 8. The Morgan fingerprint density at radius 3 is 0.871 bits per heavy atom. The van der Waals surface area contributed by atoms with Gasteiger partial charge in [0.2, 0.25) is 0 Å². The average molecular weight is 1960 g/mol. The molecule has 9 aliphatic rings. The summed E-state index contributed by atoms with van der Waals surface area (Å²) in [6.07, 6.45) is 42.1. The number of imidazole rings is 8. The molecule has 0 radical (unpaired) electrons. The van der Waals surface area contributed by atoms with Crippen molar-refractivity contribution in [2.75, 3.05) is 33.4 Å². The lowest BCUT2D eigenvalue weighted by molar-refractivity contribution is -0.177. The molecule has 1 amide bonds. The normalized spacial score (nSPS) is 18.4. The number of rotatable bonds is 22. The number of aryl methyl sites for hydroxylation is 4. The Balaban J connectivity index is 0.000000112. The molecule has 22 nitrogen and oxygen atoms in total. The molecule has 3 aliphatic heterocycles. The second-order valence-corrected chi connectivity index (χ2v) is 44.1. The van der Waals surface area contributed by atoms with Crippen molar-refractivity contribution < 1.29 is 19.0 Å². The van der Waals surface area contributed by atoms with Gasteiger partial charge in [0.1, 0.15) is 52.2 Å². The van der Waals surface area contributed by atoms with Crippen LogP contribution in [0, 0.1) is 27.7 Å². The Morgan fingerprint density at radius 2 is 0.551 bits per heavy atom. The van der Waals surface area contributed by atoms with Crippen molar-refractivity contribution in [3.8, 4) is 135 Å². The Bertz CT molecular complexity index is 6960. The van der Waals surface area contributed by atoms with Gasteiger partial charge in [0, 0.05) is 105 Å². The first kappa shape index (κ1) is 98.3. The van der Waals surface area contributed by atoms with Crippen LogP contribution >= 0.6 is 0 Å². The molecular weight excluding hydrogens is 1820 g/mol. The number of nitrogens with zero attached hydrogens (tertiary/aromatic N) is 10. The van der Waals surface area contributed by atoms with Gasteiger partial charge in [0.05, 0.1) is 89.4 Å². The first-order chi connectivity index (χ1) is 71.9. The number of H-pyrrole nitrogens is 8. The molecule has 9 fully saturated rings. The average Bonchev–Trinajstić information content (AvgIpc) is 1.76. The van der Waals surface area contributed by atoms with E-state index in [9.17, 15) is 4.79 Å². The lowest BCUT2D eigenvalue weighted by Gasteiger charge is -2.27. The van der Waals surface area contributed by atoms with Crippen LogP contribution in [0.4, 0.5) is 4.79 Å². The van der Waals surface area contributed by atoms with Gasteiger partial charge in [-0.25, -0.2) is 44.7 Å². The molecule has 8 N–H and O–H groups in total. The van der Waals surface area contributed by atoms with Gasteiger partial charge in [-0.1, -0.05) is 271 Å². The van der Waals surface area contributed by atoms with E-state index >= 15 is 0 Å². The largest absolute Gasteiger partial charge is 0.444 e. The summed E-state index contributed by atoms with van der Waals surface area (Å²) in [5, 5.41) is 0. The number of carbonyl (C=O) groups excluding carboxylic acids is 1. The van der Waals surface area contributed by atoms with E-state index in [0.717, 1.165) is 159 Å². The second-order valence-electron chi connectivity index (χ2n) is 44.1. The highest BCUT2D eigenvalue weighted by atomic mass is 16.7. The van der Waals surface area contributed by atoms with Crippen molar-refractivity contribution in [2.24, 2.45) is 0 Å². The Kier molecular flexibility index (Phi) is 29.6. The van der Waals surface area contributed by atoms with Crippen LogP contribution in [-0.2, 0) is 20.6 Å². The molecule has 147 heavy (non-hydrogen) atoms. The molecule has 0 spiro atoms. The molecule has 16 aromatic rings. The van der Waals surface area contributed by atoms with Gasteiger partial charge >= 0.3 is 6.09 Å². The Morgan fingerprint density at radius 1 is 0.293 bits per heavy atom. The predicted octanol–water partition coefficient (Wildman–Crippen LogP) is 30.9. The molecule has 8 aromatic heterocycles. The number of aromatic nitrogens is 16. The van der Waals surface area contributed by atoms with Crippen LogP contribution in [0.25, 0.3) is 135 Å². The molecule has 0 bridgehead atoms. The van der Waals surface area contributed by atoms with Crippen molar-refractivity contribution in [1.82, 2.24) is 89.5 Å². The third-order valence-corrected chi connectivity index (χ3v) is 32.7. The van der Waals surface area contributed by atoms with E-state index < -0.39 is 5.60 Å². The minimum Gasteiger partial charge on any atom is -0.444 e. The number of likely N-dealkylation sites (tertiary alicyclic amines) is 2. The number of benzene rings is 8. The van der Waals surface area contributed by atoms with Crippen LogP contribution < -0.4 is 0 Å². The van der Waals surface area contributed by atoms with E-state index in [4.69, 9.17) is 39.1 Å². The minimum absolute atomic E-state index is 0.0929. The third-order valence-electron chi connectivity index (χ3n) is 32.7. The first-order valence-electron chi connectivity index (χ1n) is 55.1. The van der Waals surface area contributed by atoms with E-state index in [0.29, 0.717) is 54.5 Å². The quantitative estimate of drug-likeness (QED) is 0.0314. The molecule has 22 heteroatoms. The maximum atomic E-state index is 12.7. The fraction of sp³-hybridized carbons (Fsp3) is 0.416. The monoisotopic (exact) mass is 1960 g/mol. The number of ether oxygens (including phenoxy) is 3. The Hall–Kier alpha value is -13.4. The standard InChI is InChI=1S/C33H40N6O2.C33H38N4O2.C30H34N4.C29H32N4/c1-21-29(37-31(35-21)27-8-6-18-38(27)5)25-16-12-23(13-17-25)22-10-14-24(15-11-22)26-20-34-30(36-26)28-9-7-19-39(28)32(40)41-33(2,3)4;1-2-7-26(6-1)32-34-21-29(36-32)24-14-10-22(11-15-24)23-12-16-25(17-13-23)31-28(20-30-38-18-5-19-39-30)35-33(37-31)27-8-3-4-9-27;1-19-27(33-29(31-19)25-7-3-4-8-25)23-15-11-21(12-16-23)22-13-17-24(18-14-22)28-20(2)32-30(34-28)26-9-5-6-10-26;1-19-27(33-29(31-19)25-8-4-5-9-25)23-16-12-21(13-17-23)20-10-14-22(15-11-20)26-18-30-28(32-26)24-6-2-3-7-24/h10-17,20,27-28H,6-9,18-19H2,1-5H3,(H,34,36)(H,35,37);10-17,21,26-27,30H,1-9,18-20H2,(H,34,36)(H,35,37);11-18,25-26H,3-10H2,1-2H3,(H,31,33)(H,32,34);10-18,24-25H,2-9H2,1H3,(H,30,32)(H,31,33)/t27-,28-;;;/m0.../s1. The van der Waals surface area contributed by atoms with Crippen LogP contribution in [0.3, 0.4) is 0 Å². The fourth-order valence-corrected chi connectivity index (χ4v) is 24.3. The van der Waals surface area contributed by atoms with E-state index in [1.165, 1.54) is 256 Å². The fourth-order valence-electron chi connectivity index (χ4n) is 24.3. The summed E-state index contributed by atoms with van der Waals surface area (Å²) in [7, 11) is 2.18. The molecule has 6 aliphatic carbocycles. The highest BCUT2D eigenvalue weighted by Crippen LogP contribution is 2.45. The van der Waals surface area contributed by atoms with Crippen LogP contribution in [0.1, 0.15) is 330 Å². The first-order valence-corrected chi connectivity index (χ1v) is 55.1. The molecule has 8 aromatic carbocycles. The summed E-state index contributed by atoms with van der Waals surface area (Å²) in [5.74, 6) is 12.4. The molecule has 0 unspecified atom stereocenters. The summed E-state index contributed by atoms with van der Waals surface area (Å²) < 4.78 is 17.4. The molecular formula is C125H144N18O4. The van der Waals surface area contributed by atoms with E-state index in [2.05, 4.69) is 289 Å². The number of nitrogens with one attached hydrogen (secondary N) is 8.